The zero-order chi connectivity index (χ0) is 16.8. The fourth-order valence-corrected chi connectivity index (χ4v) is 2.66. The van der Waals surface area contributed by atoms with Gasteiger partial charge in [-0.1, -0.05) is 25.1 Å². The van der Waals surface area contributed by atoms with E-state index in [1.54, 1.807) is 0 Å². The van der Waals surface area contributed by atoms with Gasteiger partial charge in [0.15, 0.2) is 0 Å². The van der Waals surface area contributed by atoms with Crippen molar-refractivity contribution in [3.8, 4) is 5.69 Å². The smallest absolute Gasteiger partial charge is 0.224 e. The van der Waals surface area contributed by atoms with Crippen LogP contribution < -0.4 is 10.6 Å². The molecule has 6 heteroatoms. The summed E-state index contributed by atoms with van der Waals surface area (Å²) in [7, 11) is 0. The number of aromatic nitrogens is 2. The second-order valence-electron chi connectivity index (χ2n) is 5.84. The van der Waals surface area contributed by atoms with Gasteiger partial charge >= 0.3 is 0 Å². The molecule has 24 heavy (non-hydrogen) atoms. The molecule has 0 aliphatic carbocycles. The first kappa shape index (κ1) is 20.2. The number of nitrogens with one attached hydrogen (secondary N) is 2. The maximum absolute atomic E-state index is 12.2. The molecular weight excluding hydrogens is 324 g/mol. The molecule has 132 valence electrons. The van der Waals surface area contributed by atoms with E-state index in [0.717, 1.165) is 29.2 Å². The summed E-state index contributed by atoms with van der Waals surface area (Å²) in [6.45, 7) is 9.63. The SMILES string of the molecule is CCN[C@H](C)CNC(=O)Cc1c(C)nn(-c2ccccc2)c1C.Cl. The molecular formula is C18H27ClN4O. The number of carbonyl (C=O) groups excluding carboxylic acids is 1. The second-order valence-corrected chi connectivity index (χ2v) is 5.84. The predicted octanol–water partition coefficient (Wildman–Crippen LogP) is 2.57. The third-order valence-corrected chi connectivity index (χ3v) is 3.94. The van der Waals surface area contributed by atoms with E-state index < -0.39 is 0 Å². The molecule has 1 aromatic heterocycles. The summed E-state index contributed by atoms with van der Waals surface area (Å²) in [6.07, 6.45) is 0.364. The van der Waals surface area contributed by atoms with E-state index in [9.17, 15) is 4.79 Å². The van der Waals surface area contributed by atoms with Crippen LogP contribution in [0.15, 0.2) is 30.3 Å². The molecule has 0 fully saturated rings. The van der Waals surface area contributed by atoms with Crippen LogP contribution in [0.5, 0.6) is 0 Å². The topological polar surface area (TPSA) is 58.9 Å². The Balaban J connectivity index is 0.00000288. The highest BCUT2D eigenvalue weighted by molar-refractivity contribution is 5.85. The molecule has 1 heterocycles. The lowest BCUT2D eigenvalue weighted by atomic mass is 10.1. The van der Waals surface area contributed by atoms with Crippen molar-refractivity contribution in [2.24, 2.45) is 0 Å². The number of nitrogens with zero attached hydrogens (tertiary/aromatic N) is 2. The Bertz CT molecular complexity index is 655. The van der Waals surface area contributed by atoms with E-state index in [-0.39, 0.29) is 24.4 Å². The predicted molar refractivity (Wildman–Crippen MR) is 100 cm³/mol. The molecule has 0 unspecified atom stereocenters. The van der Waals surface area contributed by atoms with Gasteiger partial charge < -0.3 is 10.6 Å². The molecule has 0 spiro atoms. The van der Waals surface area contributed by atoms with Crippen molar-refractivity contribution < 1.29 is 4.79 Å². The maximum atomic E-state index is 12.2. The number of para-hydroxylation sites is 1. The maximum Gasteiger partial charge on any atom is 0.224 e. The quantitative estimate of drug-likeness (QED) is 0.806. The van der Waals surface area contributed by atoms with E-state index in [2.05, 4.69) is 29.6 Å². The summed E-state index contributed by atoms with van der Waals surface area (Å²) < 4.78 is 1.90. The molecule has 2 N–H and O–H groups in total. The van der Waals surface area contributed by atoms with Gasteiger partial charge in [0, 0.05) is 23.8 Å². The first-order chi connectivity index (χ1) is 11.0. The average molecular weight is 351 g/mol. The molecule has 2 rings (SSSR count). The van der Waals surface area contributed by atoms with Gasteiger partial charge in [-0.25, -0.2) is 4.68 Å². The number of hydrogen-bond acceptors (Lipinski definition) is 3. The van der Waals surface area contributed by atoms with Crippen LogP contribution in [-0.2, 0) is 11.2 Å². The van der Waals surface area contributed by atoms with Gasteiger partial charge in [-0.3, -0.25) is 4.79 Å². The van der Waals surface area contributed by atoms with Crippen LogP contribution in [0.3, 0.4) is 0 Å². The van der Waals surface area contributed by atoms with Gasteiger partial charge in [0.25, 0.3) is 0 Å². The lowest BCUT2D eigenvalue weighted by Crippen LogP contribution is -2.39. The molecule has 1 amide bonds. The summed E-state index contributed by atoms with van der Waals surface area (Å²) in [5, 5.41) is 10.8. The minimum atomic E-state index is 0. The third-order valence-electron chi connectivity index (χ3n) is 3.94. The molecule has 2 aromatic rings. The van der Waals surface area contributed by atoms with Crippen molar-refractivity contribution in [2.45, 2.75) is 40.2 Å². The van der Waals surface area contributed by atoms with Crippen molar-refractivity contribution in [2.75, 3.05) is 13.1 Å². The number of carbonyl (C=O) groups is 1. The monoisotopic (exact) mass is 350 g/mol. The minimum Gasteiger partial charge on any atom is -0.354 e. The van der Waals surface area contributed by atoms with E-state index in [0.29, 0.717) is 13.0 Å². The summed E-state index contributed by atoms with van der Waals surface area (Å²) >= 11 is 0. The number of benzene rings is 1. The number of likely N-dealkylation sites (N-methyl/N-ethyl adjacent to an activating group) is 1. The largest absolute Gasteiger partial charge is 0.354 e. The van der Waals surface area contributed by atoms with Gasteiger partial charge in [-0.15, -0.1) is 12.4 Å². The standard InChI is InChI=1S/C18H26N4O.ClH/c1-5-19-13(2)12-20-18(23)11-17-14(3)21-22(15(17)4)16-9-7-6-8-10-16;/h6-10,13,19H,5,11-12H2,1-4H3,(H,20,23);1H/t13-;/m1./s1. The lowest BCUT2D eigenvalue weighted by Gasteiger charge is -2.13. The fraction of sp³-hybridized carbons (Fsp3) is 0.444. The first-order valence-corrected chi connectivity index (χ1v) is 8.13. The van der Waals surface area contributed by atoms with Gasteiger partial charge in [-0.05, 0) is 39.4 Å². The number of aryl methyl sites for hydroxylation is 1. The normalized spacial score (nSPS) is 11.7. The molecule has 5 nitrogen and oxygen atoms in total. The van der Waals surface area contributed by atoms with Gasteiger partial charge in [-0.2, -0.15) is 5.10 Å². The van der Waals surface area contributed by atoms with E-state index in [1.807, 2.05) is 48.9 Å². The van der Waals surface area contributed by atoms with Crippen LogP contribution in [-0.4, -0.2) is 34.8 Å². The van der Waals surface area contributed by atoms with E-state index in [1.165, 1.54) is 0 Å². The number of rotatable bonds is 7. The molecule has 0 saturated carbocycles. The Hall–Kier alpha value is -1.85. The molecule has 1 atom stereocenters. The number of amides is 1. The molecule has 0 bridgehead atoms. The van der Waals surface area contributed by atoms with Gasteiger partial charge in [0.2, 0.25) is 5.91 Å². The molecule has 0 aliphatic heterocycles. The summed E-state index contributed by atoms with van der Waals surface area (Å²) in [6, 6.07) is 10.3. The van der Waals surface area contributed by atoms with Gasteiger partial charge in [0.05, 0.1) is 17.8 Å². The molecule has 0 saturated heterocycles. The highest BCUT2D eigenvalue weighted by Gasteiger charge is 2.16. The van der Waals surface area contributed by atoms with Gasteiger partial charge in [0.1, 0.15) is 0 Å². The fourth-order valence-electron chi connectivity index (χ4n) is 2.66. The van der Waals surface area contributed by atoms with Crippen LogP contribution >= 0.6 is 12.4 Å². The zero-order valence-electron chi connectivity index (χ0n) is 14.8. The minimum absolute atomic E-state index is 0. The summed E-state index contributed by atoms with van der Waals surface area (Å²) in [4.78, 5) is 12.2. The first-order valence-electron chi connectivity index (χ1n) is 8.13. The van der Waals surface area contributed by atoms with Crippen molar-refractivity contribution in [3.05, 3.63) is 47.3 Å². The number of halogens is 1. The van der Waals surface area contributed by atoms with Crippen LogP contribution in [0.4, 0.5) is 0 Å². The van der Waals surface area contributed by atoms with Crippen LogP contribution in [0.25, 0.3) is 5.69 Å². The number of hydrogen-bond donors (Lipinski definition) is 2. The Morgan fingerprint density at radius 2 is 1.92 bits per heavy atom. The highest BCUT2D eigenvalue weighted by Crippen LogP contribution is 2.18. The van der Waals surface area contributed by atoms with E-state index in [4.69, 9.17) is 0 Å². The van der Waals surface area contributed by atoms with Crippen LogP contribution in [0.2, 0.25) is 0 Å². The van der Waals surface area contributed by atoms with Crippen molar-refractivity contribution >= 4 is 18.3 Å². The molecule has 1 aromatic carbocycles. The Morgan fingerprint density at radius 3 is 2.54 bits per heavy atom. The average Bonchev–Trinajstić information content (AvgIpc) is 2.82. The van der Waals surface area contributed by atoms with Crippen LogP contribution in [0.1, 0.15) is 30.8 Å². The van der Waals surface area contributed by atoms with E-state index >= 15 is 0 Å². The third kappa shape index (κ3) is 5.08. The Morgan fingerprint density at radius 1 is 1.25 bits per heavy atom. The lowest BCUT2D eigenvalue weighted by molar-refractivity contribution is -0.120. The van der Waals surface area contributed by atoms with Crippen molar-refractivity contribution in [1.29, 1.82) is 0 Å². The zero-order valence-corrected chi connectivity index (χ0v) is 15.6. The van der Waals surface area contributed by atoms with Crippen molar-refractivity contribution in [3.63, 3.8) is 0 Å². The Kier molecular flexibility index (Phi) is 7.95. The Labute approximate surface area is 150 Å². The highest BCUT2D eigenvalue weighted by atomic mass is 35.5. The van der Waals surface area contributed by atoms with Crippen LogP contribution in [0, 0.1) is 13.8 Å². The second kappa shape index (κ2) is 9.45. The van der Waals surface area contributed by atoms with Crippen molar-refractivity contribution in [1.82, 2.24) is 20.4 Å². The molecule has 0 aliphatic rings. The summed E-state index contributed by atoms with van der Waals surface area (Å²) in [5.74, 6) is 0.0357. The summed E-state index contributed by atoms with van der Waals surface area (Å²) in [5.41, 5.74) is 3.94. The molecule has 0 radical (unpaired) electrons.